The summed E-state index contributed by atoms with van der Waals surface area (Å²) < 4.78 is 9.72. The van der Waals surface area contributed by atoms with Crippen LogP contribution in [-0.2, 0) is 23.9 Å². The van der Waals surface area contributed by atoms with Gasteiger partial charge < -0.3 is 14.6 Å². The normalized spacial score (nSPS) is 12.0. The number of hydrogen-bond donors (Lipinski definition) is 1. The average Bonchev–Trinajstić information content (AvgIpc) is 2.45. The van der Waals surface area contributed by atoms with Gasteiger partial charge in [0.1, 0.15) is 0 Å². The van der Waals surface area contributed by atoms with E-state index in [0.29, 0.717) is 19.3 Å². The molecule has 1 atom stereocenters. The van der Waals surface area contributed by atoms with Crippen molar-refractivity contribution in [2.24, 2.45) is 0 Å². The summed E-state index contributed by atoms with van der Waals surface area (Å²) in [5, 5.41) is 8.72. The van der Waals surface area contributed by atoms with Gasteiger partial charge in [-0.25, -0.2) is 0 Å². The predicted octanol–water partition coefficient (Wildman–Crippen LogP) is 3.02. The molecule has 0 rings (SSSR count). The molecule has 0 radical (unpaired) electrons. The number of carboxylic acid groups (broad SMARTS) is 1. The topological polar surface area (TPSA) is 89.9 Å². The van der Waals surface area contributed by atoms with Crippen LogP contribution in [0.25, 0.3) is 0 Å². The van der Waals surface area contributed by atoms with Gasteiger partial charge in [-0.3, -0.25) is 14.4 Å². The van der Waals surface area contributed by atoms with E-state index in [2.05, 4.69) is 4.74 Å². The summed E-state index contributed by atoms with van der Waals surface area (Å²) in [6.07, 6.45) is 5.69. The van der Waals surface area contributed by atoms with Crippen LogP contribution in [0.5, 0.6) is 0 Å². The van der Waals surface area contributed by atoms with E-state index in [1.165, 1.54) is 7.11 Å². The molecule has 0 bridgehead atoms. The first kappa shape index (κ1) is 21.8. The van der Waals surface area contributed by atoms with Crippen molar-refractivity contribution in [2.75, 3.05) is 25.6 Å². The summed E-state index contributed by atoms with van der Waals surface area (Å²) in [7, 11) is 1.02. The van der Waals surface area contributed by atoms with Gasteiger partial charge in [0, 0.05) is 19.3 Å². The molecule has 23 heavy (non-hydrogen) atoms. The molecule has 0 spiro atoms. The van der Waals surface area contributed by atoms with Crippen molar-refractivity contribution in [2.45, 2.75) is 58.5 Å². The Morgan fingerprint density at radius 1 is 0.913 bits per heavy atom. The number of esters is 2. The minimum Gasteiger partial charge on any atom is -0.481 e. The second-order valence-electron chi connectivity index (χ2n) is 5.66. The molecule has 0 amide bonds. The van der Waals surface area contributed by atoms with Gasteiger partial charge in [-0.05, 0) is 51.6 Å². The molecule has 0 aliphatic carbocycles. The molecule has 0 heterocycles. The third kappa shape index (κ3) is 14.2. The first-order valence-electron chi connectivity index (χ1n) is 8.05. The second-order valence-corrected chi connectivity index (χ2v) is 8.34. The molecule has 7 heteroatoms. The van der Waals surface area contributed by atoms with Gasteiger partial charge in [-0.1, -0.05) is 0 Å². The number of carbonyl (C=O) groups excluding carboxylic acids is 2. The van der Waals surface area contributed by atoms with Gasteiger partial charge in [0.25, 0.3) is 0 Å². The summed E-state index contributed by atoms with van der Waals surface area (Å²) in [5.41, 5.74) is 0. The van der Waals surface area contributed by atoms with Crippen molar-refractivity contribution in [1.29, 1.82) is 0 Å². The Morgan fingerprint density at radius 3 is 1.83 bits per heavy atom. The van der Waals surface area contributed by atoms with Gasteiger partial charge in [0.2, 0.25) is 0 Å². The van der Waals surface area contributed by atoms with Crippen LogP contribution in [-0.4, -0.2) is 54.7 Å². The van der Waals surface area contributed by atoms with Crippen molar-refractivity contribution < 1.29 is 29.0 Å². The molecule has 0 aromatic rings. The van der Waals surface area contributed by atoms with Gasteiger partial charge in [-0.15, -0.1) is 7.92 Å². The van der Waals surface area contributed by atoms with Gasteiger partial charge in [0.15, 0.2) is 0 Å². The van der Waals surface area contributed by atoms with Crippen LogP contribution in [0.1, 0.15) is 52.4 Å². The number of ether oxygens (including phenoxy) is 2. The van der Waals surface area contributed by atoms with Crippen molar-refractivity contribution >= 4 is 25.8 Å². The number of hydrogen-bond acceptors (Lipinski definition) is 5. The zero-order valence-corrected chi connectivity index (χ0v) is 15.3. The Hall–Kier alpha value is -1.16. The van der Waals surface area contributed by atoms with Crippen LogP contribution < -0.4 is 0 Å². The molecule has 0 saturated carbocycles. The molecule has 0 aliphatic rings. The summed E-state index contributed by atoms with van der Waals surface area (Å²) >= 11 is 0. The largest absolute Gasteiger partial charge is 0.481 e. The average molecular weight is 348 g/mol. The third-order valence-electron chi connectivity index (χ3n) is 3.17. The van der Waals surface area contributed by atoms with Crippen LogP contribution in [0.4, 0.5) is 0 Å². The van der Waals surface area contributed by atoms with Gasteiger partial charge in [-0.2, -0.15) is 0 Å². The summed E-state index contributed by atoms with van der Waals surface area (Å²) in [5.74, 6) is -1.18. The van der Waals surface area contributed by atoms with E-state index in [1.54, 1.807) is 0 Å². The molecular formula is C16H29O6P. The predicted molar refractivity (Wildman–Crippen MR) is 90.1 cm³/mol. The molecular weight excluding hydrogens is 319 g/mol. The molecule has 6 nitrogen and oxygen atoms in total. The van der Waals surface area contributed by atoms with Crippen molar-refractivity contribution in [3.8, 4) is 0 Å². The summed E-state index contributed by atoms with van der Waals surface area (Å²) in [6.45, 7) is 3.65. The third-order valence-corrected chi connectivity index (χ3v) is 6.02. The minimum atomic E-state index is -0.782. The lowest BCUT2D eigenvalue weighted by Crippen LogP contribution is -2.11. The number of rotatable bonds is 13. The Bertz CT molecular complexity index is 370. The van der Waals surface area contributed by atoms with Crippen molar-refractivity contribution in [3.63, 3.8) is 0 Å². The number of carboxylic acids is 1. The summed E-state index contributed by atoms with van der Waals surface area (Å²) in [6, 6.07) is 0. The van der Waals surface area contributed by atoms with Crippen LogP contribution in [0.2, 0.25) is 0 Å². The highest BCUT2D eigenvalue weighted by Crippen LogP contribution is 2.38. The SMILES string of the molecule is COC(=O)CCCP(CCCC(=O)O)CCCC(=O)OC(C)C. The maximum Gasteiger partial charge on any atom is 0.306 e. The molecule has 1 unspecified atom stereocenters. The van der Waals surface area contributed by atoms with E-state index in [-0.39, 0.29) is 32.4 Å². The first-order chi connectivity index (χ1) is 10.8. The second kappa shape index (κ2) is 13.3. The van der Waals surface area contributed by atoms with Crippen LogP contribution >= 0.6 is 7.92 Å². The Balaban J connectivity index is 4.11. The lowest BCUT2D eigenvalue weighted by atomic mass is 10.3. The Labute approximate surface area is 139 Å². The van der Waals surface area contributed by atoms with E-state index in [1.807, 2.05) is 13.8 Å². The molecule has 0 saturated heterocycles. The lowest BCUT2D eigenvalue weighted by Gasteiger charge is -2.17. The fraction of sp³-hybridized carbons (Fsp3) is 0.812. The molecule has 0 aromatic heterocycles. The summed E-state index contributed by atoms with van der Waals surface area (Å²) in [4.78, 5) is 33.3. The lowest BCUT2D eigenvalue weighted by molar-refractivity contribution is -0.147. The molecule has 0 aliphatic heterocycles. The Morgan fingerprint density at radius 2 is 1.39 bits per heavy atom. The monoisotopic (exact) mass is 348 g/mol. The zero-order chi connectivity index (χ0) is 17.7. The molecule has 134 valence electrons. The smallest absolute Gasteiger partial charge is 0.306 e. The quantitative estimate of drug-likeness (QED) is 0.406. The van der Waals surface area contributed by atoms with E-state index in [9.17, 15) is 14.4 Å². The highest BCUT2D eigenvalue weighted by molar-refractivity contribution is 7.57. The zero-order valence-electron chi connectivity index (χ0n) is 14.4. The van der Waals surface area contributed by atoms with Crippen LogP contribution in [0, 0.1) is 0 Å². The number of carbonyl (C=O) groups is 3. The maximum absolute atomic E-state index is 11.5. The molecule has 0 aromatic carbocycles. The van der Waals surface area contributed by atoms with Crippen molar-refractivity contribution in [1.82, 2.24) is 0 Å². The number of methoxy groups -OCH3 is 1. The first-order valence-corrected chi connectivity index (χ1v) is 9.95. The van der Waals surface area contributed by atoms with Crippen LogP contribution in [0.15, 0.2) is 0 Å². The highest BCUT2D eigenvalue weighted by atomic mass is 31.1. The van der Waals surface area contributed by atoms with Crippen molar-refractivity contribution in [3.05, 3.63) is 0 Å². The molecule has 1 N–H and O–H groups in total. The standard InChI is InChI=1S/C16H29O6P/c1-13(2)22-16(20)9-6-12-23(10-4-7-14(17)18)11-5-8-15(19)21-3/h13H,4-12H2,1-3H3,(H,17,18). The molecule has 0 fully saturated rings. The van der Waals surface area contributed by atoms with E-state index in [4.69, 9.17) is 9.84 Å². The maximum atomic E-state index is 11.5. The van der Waals surface area contributed by atoms with E-state index >= 15 is 0 Å². The van der Waals surface area contributed by atoms with Gasteiger partial charge >= 0.3 is 17.9 Å². The Kier molecular flexibility index (Phi) is 12.6. The fourth-order valence-electron chi connectivity index (χ4n) is 2.11. The minimum absolute atomic E-state index is 0.0976. The van der Waals surface area contributed by atoms with E-state index in [0.717, 1.165) is 31.3 Å². The van der Waals surface area contributed by atoms with Crippen LogP contribution in [0.3, 0.4) is 0 Å². The van der Waals surface area contributed by atoms with E-state index < -0.39 is 5.97 Å². The number of aliphatic carboxylic acids is 1. The van der Waals surface area contributed by atoms with Gasteiger partial charge in [0.05, 0.1) is 13.2 Å². The highest BCUT2D eigenvalue weighted by Gasteiger charge is 2.12. The fourth-order valence-corrected chi connectivity index (χ4v) is 4.59.